The van der Waals surface area contributed by atoms with Crippen molar-refractivity contribution in [3.05, 3.63) is 78.8 Å². The van der Waals surface area contributed by atoms with Crippen LogP contribution in [-0.4, -0.2) is 42.2 Å². The number of rotatable bonds is 7. The summed E-state index contributed by atoms with van der Waals surface area (Å²) in [5, 5.41) is 11.9. The van der Waals surface area contributed by atoms with E-state index in [1.165, 1.54) is 18.7 Å². The van der Waals surface area contributed by atoms with Crippen LogP contribution in [0.4, 0.5) is 5.69 Å². The first-order valence-corrected chi connectivity index (χ1v) is 10.4. The molecule has 0 atom stereocenters. The van der Waals surface area contributed by atoms with Crippen molar-refractivity contribution in [2.24, 2.45) is 0 Å². The van der Waals surface area contributed by atoms with Crippen LogP contribution in [0.25, 0.3) is 17.2 Å². The monoisotopic (exact) mass is 430 g/mol. The lowest BCUT2D eigenvalue weighted by molar-refractivity contribution is -0.113. The van der Waals surface area contributed by atoms with Crippen LogP contribution in [0.3, 0.4) is 0 Å². The van der Waals surface area contributed by atoms with Gasteiger partial charge in [0, 0.05) is 29.3 Å². The molecule has 8 nitrogen and oxygen atoms in total. The Morgan fingerprint density at radius 1 is 1.00 bits per heavy atom. The number of Topliss-reactive ketones (excluding diaryl/α,β-unsaturated/α-hetero) is 1. The first-order valence-electron chi connectivity index (χ1n) is 9.42. The lowest BCUT2D eigenvalue weighted by Gasteiger charge is -2.10. The molecule has 1 amide bonds. The van der Waals surface area contributed by atoms with E-state index in [9.17, 15) is 9.59 Å². The average molecular weight is 430 g/mol. The standard InChI is InChI=1S/C22H18N6O2S/c1-15(29)16-7-9-17(10-8-16)25-20(30)14-31-22-27-26-21(19-13-23-11-12-24-19)28(22)18-5-3-2-4-6-18/h2-13H,14H2,1H3,(H,25,30). The molecule has 0 spiro atoms. The number of carbonyl (C=O) groups is 2. The van der Waals surface area contributed by atoms with Gasteiger partial charge in [0.15, 0.2) is 16.8 Å². The van der Waals surface area contributed by atoms with E-state index in [1.54, 1.807) is 42.9 Å². The van der Waals surface area contributed by atoms with E-state index < -0.39 is 0 Å². The molecule has 2 aromatic heterocycles. The Kier molecular flexibility index (Phi) is 6.13. The van der Waals surface area contributed by atoms with Crippen LogP contribution in [0.15, 0.2) is 78.3 Å². The van der Waals surface area contributed by atoms with Crippen molar-refractivity contribution in [2.45, 2.75) is 12.1 Å². The maximum absolute atomic E-state index is 12.5. The fourth-order valence-electron chi connectivity index (χ4n) is 2.87. The van der Waals surface area contributed by atoms with Crippen molar-refractivity contribution >= 4 is 29.1 Å². The molecule has 154 valence electrons. The highest BCUT2D eigenvalue weighted by Gasteiger charge is 2.18. The number of benzene rings is 2. The third kappa shape index (κ3) is 4.84. The lowest BCUT2D eigenvalue weighted by Crippen LogP contribution is -2.14. The molecule has 0 saturated carbocycles. The van der Waals surface area contributed by atoms with E-state index in [4.69, 9.17) is 0 Å². The van der Waals surface area contributed by atoms with Crippen LogP contribution in [0.2, 0.25) is 0 Å². The van der Waals surface area contributed by atoms with Crippen molar-refractivity contribution < 1.29 is 9.59 Å². The van der Waals surface area contributed by atoms with E-state index in [0.29, 0.717) is 27.9 Å². The molecule has 0 bridgehead atoms. The number of carbonyl (C=O) groups excluding carboxylic acids is 2. The van der Waals surface area contributed by atoms with Crippen molar-refractivity contribution in [3.63, 3.8) is 0 Å². The van der Waals surface area contributed by atoms with Gasteiger partial charge in [0.25, 0.3) is 0 Å². The number of hydrogen-bond donors (Lipinski definition) is 1. The van der Waals surface area contributed by atoms with Crippen LogP contribution >= 0.6 is 11.8 Å². The van der Waals surface area contributed by atoms with Crippen LogP contribution in [0.5, 0.6) is 0 Å². The Morgan fingerprint density at radius 2 is 1.77 bits per heavy atom. The predicted molar refractivity (Wildman–Crippen MR) is 118 cm³/mol. The molecule has 0 saturated heterocycles. The molecule has 0 aliphatic carbocycles. The van der Waals surface area contributed by atoms with Crippen molar-refractivity contribution in [3.8, 4) is 17.2 Å². The molecule has 0 fully saturated rings. The zero-order chi connectivity index (χ0) is 21.6. The number of thioether (sulfide) groups is 1. The van der Waals surface area contributed by atoms with E-state index in [-0.39, 0.29) is 17.4 Å². The second kappa shape index (κ2) is 9.31. The summed E-state index contributed by atoms with van der Waals surface area (Å²) in [6, 6.07) is 16.4. The molecule has 0 unspecified atom stereocenters. The summed E-state index contributed by atoms with van der Waals surface area (Å²) in [6.45, 7) is 1.50. The van der Waals surface area contributed by atoms with Gasteiger partial charge in [-0.3, -0.25) is 19.1 Å². The Bertz CT molecular complexity index is 1190. The molecule has 0 radical (unpaired) electrons. The number of nitrogens with zero attached hydrogens (tertiary/aromatic N) is 5. The van der Waals surface area contributed by atoms with Gasteiger partial charge in [0.2, 0.25) is 5.91 Å². The fraction of sp³-hybridized carbons (Fsp3) is 0.0909. The molecule has 0 aliphatic heterocycles. The fourth-order valence-corrected chi connectivity index (χ4v) is 3.62. The largest absolute Gasteiger partial charge is 0.325 e. The predicted octanol–water partition coefficient (Wildman–Crippen LogP) is 3.66. The molecule has 4 aromatic rings. The number of anilines is 1. The van der Waals surface area contributed by atoms with Gasteiger partial charge in [-0.1, -0.05) is 30.0 Å². The van der Waals surface area contributed by atoms with E-state index >= 15 is 0 Å². The third-order valence-electron chi connectivity index (χ3n) is 4.35. The van der Waals surface area contributed by atoms with Crippen molar-refractivity contribution in [1.82, 2.24) is 24.7 Å². The third-order valence-corrected chi connectivity index (χ3v) is 5.28. The zero-order valence-electron chi connectivity index (χ0n) is 16.6. The van der Waals surface area contributed by atoms with Crippen LogP contribution in [-0.2, 0) is 4.79 Å². The summed E-state index contributed by atoms with van der Waals surface area (Å²) in [5.74, 6) is 0.471. The number of hydrogen-bond acceptors (Lipinski definition) is 7. The van der Waals surface area contributed by atoms with Gasteiger partial charge in [-0.2, -0.15) is 0 Å². The lowest BCUT2D eigenvalue weighted by atomic mass is 10.1. The number of ketones is 1. The van der Waals surface area contributed by atoms with Gasteiger partial charge < -0.3 is 5.32 Å². The van der Waals surface area contributed by atoms with Crippen LogP contribution in [0, 0.1) is 0 Å². The summed E-state index contributed by atoms with van der Waals surface area (Å²) >= 11 is 1.27. The minimum absolute atomic E-state index is 0.0207. The molecule has 2 aromatic carbocycles. The molecule has 2 heterocycles. The van der Waals surface area contributed by atoms with Gasteiger partial charge in [-0.25, -0.2) is 4.98 Å². The summed E-state index contributed by atoms with van der Waals surface area (Å²) < 4.78 is 1.85. The van der Waals surface area contributed by atoms with Gasteiger partial charge in [0.1, 0.15) is 5.69 Å². The first-order chi connectivity index (χ1) is 15.1. The molecule has 9 heteroatoms. The minimum Gasteiger partial charge on any atom is -0.325 e. The topological polar surface area (TPSA) is 103 Å². The highest BCUT2D eigenvalue weighted by Crippen LogP contribution is 2.26. The maximum Gasteiger partial charge on any atom is 0.234 e. The highest BCUT2D eigenvalue weighted by atomic mass is 32.2. The summed E-state index contributed by atoms with van der Waals surface area (Å²) in [4.78, 5) is 32.3. The van der Waals surface area contributed by atoms with E-state index in [2.05, 4.69) is 25.5 Å². The molecule has 4 rings (SSSR count). The van der Waals surface area contributed by atoms with Gasteiger partial charge in [-0.05, 0) is 43.3 Å². The summed E-state index contributed by atoms with van der Waals surface area (Å²) in [6.07, 6.45) is 4.81. The molecule has 0 aliphatic rings. The quantitative estimate of drug-likeness (QED) is 0.353. The number of nitrogens with one attached hydrogen (secondary N) is 1. The van der Waals surface area contributed by atoms with Gasteiger partial charge >= 0.3 is 0 Å². The smallest absolute Gasteiger partial charge is 0.234 e. The van der Waals surface area contributed by atoms with Crippen molar-refractivity contribution in [1.29, 1.82) is 0 Å². The molecular weight excluding hydrogens is 412 g/mol. The first kappa shape index (κ1) is 20.4. The second-order valence-corrected chi connectivity index (χ2v) is 7.48. The second-order valence-electron chi connectivity index (χ2n) is 6.54. The normalized spacial score (nSPS) is 10.6. The Labute approximate surface area is 182 Å². The number of amides is 1. The minimum atomic E-state index is -0.191. The van der Waals surface area contributed by atoms with E-state index in [0.717, 1.165) is 5.69 Å². The Morgan fingerprint density at radius 3 is 2.45 bits per heavy atom. The van der Waals surface area contributed by atoms with Crippen molar-refractivity contribution in [2.75, 3.05) is 11.1 Å². The van der Waals surface area contributed by atoms with Crippen LogP contribution < -0.4 is 5.32 Å². The Hall–Kier alpha value is -3.85. The SMILES string of the molecule is CC(=O)c1ccc(NC(=O)CSc2nnc(-c3cnccn3)n2-c2ccccc2)cc1. The molecular formula is C22H18N6O2S. The summed E-state index contributed by atoms with van der Waals surface area (Å²) in [7, 11) is 0. The average Bonchev–Trinajstić information content (AvgIpc) is 3.23. The molecule has 31 heavy (non-hydrogen) atoms. The van der Waals surface area contributed by atoms with Crippen LogP contribution in [0.1, 0.15) is 17.3 Å². The summed E-state index contributed by atoms with van der Waals surface area (Å²) in [5.41, 5.74) is 2.66. The van der Waals surface area contributed by atoms with Gasteiger partial charge in [0.05, 0.1) is 11.9 Å². The van der Waals surface area contributed by atoms with E-state index in [1.807, 2.05) is 34.9 Å². The van der Waals surface area contributed by atoms with Gasteiger partial charge in [-0.15, -0.1) is 10.2 Å². The molecule has 1 N–H and O–H groups in total. The maximum atomic E-state index is 12.5. The highest BCUT2D eigenvalue weighted by molar-refractivity contribution is 7.99. The number of para-hydroxylation sites is 1. The number of aromatic nitrogens is 5. The Balaban J connectivity index is 1.52. The zero-order valence-corrected chi connectivity index (χ0v) is 17.4.